The summed E-state index contributed by atoms with van der Waals surface area (Å²) in [5.41, 5.74) is 0. The first-order chi connectivity index (χ1) is 9.85. The van der Waals surface area contributed by atoms with E-state index in [0.29, 0.717) is 19.5 Å². The number of halogens is 3. The molecule has 0 saturated carbocycles. The lowest BCUT2D eigenvalue weighted by atomic mass is 10.2. The van der Waals surface area contributed by atoms with Crippen LogP contribution in [0.5, 0.6) is 0 Å². The fraction of sp³-hybridized carbons (Fsp3) is 0.923. The molecule has 4 nitrogen and oxygen atoms in total. The molecule has 2 saturated heterocycles. The van der Waals surface area contributed by atoms with Gasteiger partial charge in [-0.05, 0) is 25.5 Å². The number of hydrogen-bond acceptors (Lipinski definition) is 3. The second-order valence-corrected chi connectivity index (χ2v) is 6.95. The van der Waals surface area contributed by atoms with Gasteiger partial charge < -0.3 is 10.2 Å². The van der Waals surface area contributed by atoms with Gasteiger partial charge >= 0.3 is 12.2 Å². The minimum Gasteiger partial charge on any atom is -0.334 e. The van der Waals surface area contributed by atoms with E-state index in [-0.39, 0.29) is 24.7 Å². The van der Waals surface area contributed by atoms with Crippen LogP contribution in [0.25, 0.3) is 0 Å². The third-order valence-corrected chi connectivity index (χ3v) is 4.95. The van der Waals surface area contributed by atoms with Crippen LogP contribution in [0.3, 0.4) is 0 Å². The number of thioether (sulfide) groups is 1. The Kier molecular flexibility index (Phi) is 5.65. The Bertz CT molecular complexity index is 367. The third kappa shape index (κ3) is 5.25. The van der Waals surface area contributed by atoms with Gasteiger partial charge in [0.2, 0.25) is 0 Å². The van der Waals surface area contributed by atoms with Gasteiger partial charge in [0.15, 0.2) is 0 Å². The van der Waals surface area contributed by atoms with Gasteiger partial charge in [-0.25, -0.2) is 4.79 Å². The summed E-state index contributed by atoms with van der Waals surface area (Å²) in [6, 6.07) is -0.125. The number of hydrogen-bond donors (Lipinski definition) is 1. The van der Waals surface area contributed by atoms with Crippen molar-refractivity contribution in [3.63, 3.8) is 0 Å². The minimum absolute atomic E-state index is 0.135. The maximum Gasteiger partial charge on any atom is 0.401 e. The molecule has 8 heteroatoms. The van der Waals surface area contributed by atoms with Crippen molar-refractivity contribution < 1.29 is 18.0 Å². The predicted molar refractivity (Wildman–Crippen MR) is 77.5 cm³/mol. The molecule has 122 valence electrons. The zero-order valence-corrected chi connectivity index (χ0v) is 13.0. The Balaban J connectivity index is 1.80. The number of nitrogens with zero attached hydrogens (tertiary/aromatic N) is 2. The van der Waals surface area contributed by atoms with Crippen molar-refractivity contribution in [2.24, 2.45) is 0 Å². The van der Waals surface area contributed by atoms with Crippen molar-refractivity contribution in [1.82, 2.24) is 15.1 Å². The van der Waals surface area contributed by atoms with E-state index in [0.717, 1.165) is 17.9 Å². The second kappa shape index (κ2) is 7.09. The van der Waals surface area contributed by atoms with Crippen LogP contribution in [0, 0.1) is 0 Å². The number of carbonyl (C=O) groups excluding carboxylic acids is 1. The standard InChI is InChI=1S/C13H22F3N3OS/c1-10-3-6-21-7-5-19(10)12(20)17-11-2-4-18(8-11)9-13(14,15)16/h10-11H,2-9H2,1H3,(H,17,20)/t10-,11+/m1/s1. The zero-order valence-electron chi connectivity index (χ0n) is 12.2. The van der Waals surface area contributed by atoms with Crippen LogP contribution in [0.1, 0.15) is 19.8 Å². The summed E-state index contributed by atoms with van der Waals surface area (Å²) >= 11 is 1.84. The lowest BCUT2D eigenvalue weighted by molar-refractivity contribution is -0.143. The number of nitrogens with one attached hydrogen (secondary N) is 1. The molecule has 0 aliphatic carbocycles. The normalized spacial score (nSPS) is 28.5. The molecule has 0 spiro atoms. The lowest BCUT2D eigenvalue weighted by Gasteiger charge is -2.28. The number of likely N-dealkylation sites (tertiary alicyclic amines) is 1. The summed E-state index contributed by atoms with van der Waals surface area (Å²) in [6.45, 7) is 2.50. The fourth-order valence-corrected chi connectivity index (χ4v) is 3.84. The smallest absolute Gasteiger partial charge is 0.334 e. The lowest BCUT2D eigenvalue weighted by Crippen LogP contribution is -2.49. The summed E-state index contributed by atoms with van der Waals surface area (Å²) in [5.74, 6) is 1.97. The van der Waals surface area contributed by atoms with Crippen molar-refractivity contribution in [1.29, 1.82) is 0 Å². The van der Waals surface area contributed by atoms with Crippen LogP contribution in [0.15, 0.2) is 0 Å². The van der Waals surface area contributed by atoms with Crippen LogP contribution >= 0.6 is 11.8 Å². The first-order valence-electron chi connectivity index (χ1n) is 7.29. The van der Waals surface area contributed by atoms with E-state index in [1.54, 1.807) is 0 Å². The fourth-order valence-electron chi connectivity index (χ4n) is 2.80. The summed E-state index contributed by atoms with van der Waals surface area (Å²) in [5, 5.41) is 2.89. The monoisotopic (exact) mass is 325 g/mol. The van der Waals surface area contributed by atoms with Crippen molar-refractivity contribution in [2.45, 2.75) is 38.0 Å². The van der Waals surface area contributed by atoms with E-state index < -0.39 is 12.7 Å². The number of alkyl halides is 3. The van der Waals surface area contributed by atoms with Crippen LogP contribution < -0.4 is 5.32 Å². The molecule has 1 N–H and O–H groups in total. The minimum atomic E-state index is -4.17. The number of carbonyl (C=O) groups is 1. The third-order valence-electron chi connectivity index (χ3n) is 3.95. The van der Waals surface area contributed by atoms with Gasteiger partial charge in [-0.15, -0.1) is 0 Å². The van der Waals surface area contributed by atoms with Gasteiger partial charge in [0.1, 0.15) is 0 Å². The number of amides is 2. The first-order valence-corrected chi connectivity index (χ1v) is 8.44. The molecule has 2 fully saturated rings. The molecule has 2 atom stereocenters. The summed E-state index contributed by atoms with van der Waals surface area (Å²) in [6.07, 6.45) is -2.63. The highest BCUT2D eigenvalue weighted by molar-refractivity contribution is 7.99. The molecule has 2 aliphatic rings. The Labute approximate surface area is 127 Å². The van der Waals surface area contributed by atoms with Gasteiger partial charge in [-0.1, -0.05) is 0 Å². The maximum atomic E-state index is 12.3. The number of rotatable bonds is 2. The van der Waals surface area contributed by atoms with Crippen molar-refractivity contribution in [2.75, 3.05) is 37.7 Å². The highest BCUT2D eigenvalue weighted by Crippen LogP contribution is 2.21. The number of urea groups is 1. The van der Waals surface area contributed by atoms with Gasteiger partial charge in [-0.3, -0.25) is 4.90 Å². The van der Waals surface area contributed by atoms with Crippen LogP contribution in [0.2, 0.25) is 0 Å². The highest BCUT2D eigenvalue weighted by atomic mass is 32.2. The molecule has 21 heavy (non-hydrogen) atoms. The highest BCUT2D eigenvalue weighted by Gasteiger charge is 2.35. The maximum absolute atomic E-state index is 12.3. The second-order valence-electron chi connectivity index (χ2n) is 5.73. The topological polar surface area (TPSA) is 35.6 Å². The van der Waals surface area contributed by atoms with E-state index in [1.807, 2.05) is 23.6 Å². The van der Waals surface area contributed by atoms with Gasteiger partial charge in [0.05, 0.1) is 6.54 Å². The summed E-state index contributed by atoms with van der Waals surface area (Å²) < 4.78 is 37.0. The van der Waals surface area contributed by atoms with E-state index in [9.17, 15) is 18.0 Å². The first kappa shape index (κ1) is 16.7. The molecule has 0 unspecified atom stereocenters. The van der Waals surface area contributed by atoms with E-state index in [1.165, 1.54) is 4.90 Å². The Morgan fingerprint density at radius 1 is 1.29 bits per heavy atom. The van der Waals surface area contributed by atoms with Gasteiger partial charge in [0.25, 0.3) is 0 Å². The molecule has 0 aromatic rings. The molecule has 2 rings (SSSR count). The summed E-state index contributed by atoms with van der Waals surface area (Å²) in [4.78, 5) is 15.4. The molecule has 2 aliphatic heterocycles. The predicted octanol–water partition coefficient (Wildman–Crippen LogP) is 2.16. The van der Waals surface area contributed by atoms with Gasteiger partial charge in [-0.2, -0.15) is 24.9 Å². The average molecular weight is 325 g/mol. The Morgan fingerprint density at radius 3 is 2.76 bits per heavy atom. The molecule has 0 radical (unpaired) electrons. The molecular formula is C13H22F3N3OS. The Morgan fingerprint density at radius 2 is 2.05 bits per heavy atom. The average Bonchev–Trinajstić information content (AvgIpc) is 2.66. The molecule has 0 bridgehead atoms. The van der Waals surface area contributed by atoms with E-state index in [2.05, 4.69) is 5.32 Å². The van der Waals surface area contributed by atoms with Crippen molar-refractivity contribution >= 4 is 17.8 Å². The van der Waals surface area contributed by atoms with Crippen LogP contribution in [0.4, 0.5) is 18.0 Å². The zero-order chi connectivity index (χ0) is 15.5. The Hall–Kier alpha value is -0.630. The molecule has 2 amide bonds. The quantitative estimate of drug-likeness (QED) is 0.845. The van der Waals surface area contributed by atoms with E-state index in [4.69, 9.17) is 0 Å². The largest absolute Gasteiger partial charge is 0.401 e. The van der Waals surface area contributed by atoms with E-state index >= 15 is 0 Å². The van der Waals surface area contributed by atoms with Crippen LogP contribution in [-0.2, 0) is 0 Å². The SMILES string of the molecule is C[C@@H]1CCSCCN1C(=O)N[C@H]1CCN(CC(F)(F)F)C1. The van der Waals surface area contributed by atoms with Crippen LogP contribution in [-0.4, -0.2) is 71.8 Å². The molecular weight excluding hydrogens is 303 g/mol. The molecule has 2 heterocycles. The van der Waals surface area contributed by atoms with Crippen molar-refractivity contribution in [3.05, 3.63) is 0 Å². The van der Waals surface area contributed by atoms with Gasteiger partial charge in [0, 0.05) is 37.5 Å². The van der Waals surface area contributed by atoms with Crippen molar-refractivity contribution in [3.8, 4) is 0 Å². The molecule has 0 aromatic heterocycles. The molecule has 0 aromatic carbocycles. The summed E-state index contributed by atoms with van der Waals surface area (Å²) in [7, 11) is 0.